The van der Waals surface area contributed by atoms with Gasteiger partial charge in [-0.15, -0.1) is 0 Å². The highest BCUT2D eigenvalue weighted by Crippen LogP contribution is 2.44. The van der Waals surface area contributed by atoms with E-state index in [-0.39, 0.29) is 36.8 Å². The Morgan fingerprint density at radius 3 is 2.15 bits per heavy atom. The minimum atomic E-state index is -1.03. The molecule has 0 bridgehead atoms. The predicted molar refractivity (Wildman–Crippen MR) is 124 cm³/mol. The van der Waals surface area contributed by atoms with Gasteiger partial charge in [-0.2, -0.15) is 0 Å². The lowest BCUT2D eigenvalue weighted by Crippen LogP contribution is -2.46. The molecule has 4 rings (SSSR count). The monoisotopic (exact) mass is 450 g/mol. The zero-order valence-corrected chi connectivity index (χ0v) is 19.0. The summed E-state index contributed by atoms with van der Waals surface area (Å²) in [6.45, 7) is 1.94. The second kappa shape index (κ2) is 9.65. The first-order valence-corrected chi connectivity index (χ1v) is 11.5. The zero-order valence-electron chi connectivity index (χ0n) is 19.0. The molecule has 2 aromatic carbocycles. The molecule has 2 amide bonds. The number of hydrogen-bond donors (Lipinski definition) is 2. The highest BCUT2D eigenvalue weighted by Gasteiger charge is 2.36. The van der Waals surface area contributed by atoms with Crippen molar-refractivity contribution in [2.45, 2.75) is 50.6 Å². The molecule has 0 heterocycles. The molecule has 2 unspecified atom stereocenters. The van der Waals surface area contributed by atoms with Gasteiger partial charge in [0.2, 0.25) is 5.91 Å². The van der Waals surface area contributed by atoms with E-state index in [0.717, 1.165) is 35.1 Å². The molecule has 0 spiro atoms. The van der Waals surface area contributed by atoms with Crippen molar-refractivity contribution in [3.8, 4) is 11.1 Å². The number of alkyl carbamates (subject to hydrolysis) is 1. The van der Waals surface area contributed by atoms with Crippen LogP contribution in [0.2, 0.25) is 0 Å². The van der Waals surface area contributed by atoms with E-state index in [0.29, 0.717) is 6.42 Å². The summed E-state index contributed by atoms with van der Waals surface area (Å²) in [5, 5.41) is 12.2. The van der Waals surface area contributed by atoms with Crippen molar-refractivity contribution in [1.29, 1.82) is 0 Å². The van der Waals surface area contributed by atoms with E-state index < -0.39 is 18.1 Å². The van der Waals surface area contributed by atoms with E-state index in [1.54, 1.807) is 6.92 Å². The molecule has 7 heteroatoms. The number of likely N-dealkylation sites (N-methyl/N-ethyl adjacent to an activating group) is 1. The number of nitrogens with one attached hydrogen (secondary N) is 1. The summed E-state index contributed by atoms with van der Waals surface area (Å²) < 4.78 is 5.63. The summed E-state index contributed by atoms with van der Waals surface area (Å²) in [7, 11) is 1.50. The van der Waals surface area contributed by atoms with Gasteiger partial charge in [-0.1, -0.05) is 55.5 Å². The Labute approximate surface area is 193 Å². The third-order valence-electron chi connectivity index (χ3n) is 6.77. The zero-order chi connectivity index (χ0) is 23.5. The standard InChI is InChI=1S/C26H30N2O5/c1-3-23(25(30)31)28(2)24(29)14-22(16-12-13-16)27-26(32)33-15-21-19-10-6-4-8-17(19)18-9-5-7-11-20(18)21/h4-11,16,21-23H,3,12-15H2,1-2H3,(H,27,32)(H,30,31). The van der Waals surface area contributed by atoms with Crippen LogP contribution < -0.4 is 5.32 Å². The normalized spacial score (nSPS) is 16.3. The number of carboxylic acids is 1. The van der Waals surface area contributed by atoms with Crippen LogP contribution in [0.3, 0.4) is 0 Å². The van der Waals surface area contributed by atoms with Crippen molar-refractivity contribution in [2.75, 3.05) is 13.7 Å². The average molecular weight is 451 g/mol. The predicted octanol–water partition coefficient (Wildman–Crippen LogP) is 4.02. The highest BCUT2D eigenvalue weighted by molar-refractivity contribution is 5.84. The minimum absolute atomic E-state index is 0.0313. The van der Waals surface area contributed by atoms with Crippen molar-refractivity contribution >= 4 is 18.0 Å². The SMILES string of the molecule is CCC(C(=O)O)N(C)C(=O)CC(NC(=O)OCC1c2ccccc2-c2ccccc21)C1CC1. The molecule has 7 nitrogen and oxygen atoms in total. The Bertz CT molecular complexity index is 1000. The van der Waals surface area contributed by atoms with Crippen molar-refractivity contribution < 1.29 is 24.2 Å². The van der Waals surface area contributed by atoms with Crippen LogP contribution in [0.15, 0.2) is 48.5 Å². The Balaban J connectivity index is 1.38. The number of benzene rings is 2. The van der Waals surface area contributed by atoms with Gasteiger partial charge in [0.05, 0.1) is 0 Å². The van der Waals surface area contributed by atoms with Crippen molar-refractivity contribution in [3.05, 3.63) is 59.7 Å². The molecular weight excluding hydrogens is 420 g/mol. The topological polar surface area (TPSA) is 95.9 Å². The number of carbonyl (C=O) groups excluding carboxylic acids is 2. The number of fused-ring (bicyclic) bond motifs is 3. The van der Waals surface area contributed by atoms with Crippen LogP contribution in [0.4, 0.5) is 4.79 Å². The van der Waals surface area contributed by atoms with Gasteiger partial charge in [0, 0.05) is 25.4 Å². The largest absolute Gasteiger partial charge is 0.480 e. The quantitative estimate of drug-likeness (QED) is 0.602. The average Bonchev–Trinajstić information content (AvgIpc) is 3.60. The van der Waals surface area contributed by atoms with Gasteiger partial charge < -0.3 is 20.1 Å². The lowest BCUT2D eigenvalue weighted by Gasteiger charge is -2.26. The van der Waals surface area contributed by atoms with Crippen molar-refractivity contribution in [1.82, 2.24) is 10.2 Å². The van der Waals surface area contributed by atoms with Crippen LogP contribution in [0.25, 0.3) is 11.1 Å². The molecule has 2 aliphatic rings. The van der Waals surface area contributed by atoms with Gasteiger partial charge >= 0.3 is 12.1 Å². The summed E-state index contributed by atoms with van der Waals surface area (Å²) in [6.07, 6.45) is 1.71. The molecule has 2 N–H and O–H groups in total. The van der Waals surface area contributed by atoms with Gasteiger partial charge in [0.1, 0.15) is 12.6 Å². The summed E-state index contributed by atoms with van der Waals surface area (Å²) in [4.78, 5) is 38.0. The van der Waals surface area contributed by atoms with E-state index >= 15 is 0 Å². The number of ether oxygens (including phenoxy) is 1. The first-order valence-electron chi connectivity index (χ1n) is 11.5. The minimum Gasteiger partial charge on any atom is -0.480 e. The molecule has 2 atom stereocenters. The molecule has 0 radical (unpaired) electrons. The number of amides is 2. The first kappa shape index (κ1) is 22.8. The fraction of sp³-hybridized carbons (Fsp3) is 0.423. The van der Waals surface area contributed by atoms with Crippen LogP contribution in [0, 0.1) is 5.92 Å². The smallest absolute Gasteiger partial charge is 0.407 e. The number of carboxylic acid groups (broad SMARTS) is 1. The number of rotatable bonds is 9. The summed E-state index contributed by atoms with van der Waals surface area (Å²) in [5.41, 5.74) is 4.61. The van der Waals surface area contributed by atoms with Crippen molar-refractivity contribution in [2.24, 2.45) is 5.92 Å². The highest BCUT2D eigenvalue weighted by atomic mass is 16.5. The molecule has 2 aromatic rings. The third-order valence-corrected chi connectivity index (χ3v) is 6.77. The van der Waals surface area contributed by atoms with Crippen LogP contribution >= 0.6 is 0 Å². The van der Waals surface area contributed by atoms with Gasteiger partial charge in [-0.3, -0.25) is 4.79 Å². The Morgan fingerprint density at radius 1 is 1.06 bits per heavy atom. The molecule has 1 saturated carbocycles. The van der Waals surface area contributed by atoms with Gasteiger partial charge in [0.15, 0.2) is 0 Å². The van der Waals surface area contributed by atoms with E-state index in [1.165, 1.54) is 11.9 Å². The number of nitrogens with zero attached hydrogens (tertiary/aromatic N) is 1. The Kier molecular flexibility index (Phi) is 6.67. The van der Waals surface area contributed by atoms with Crippen LogP contribution in [0.5, 0.6) is 0 Å². The van der Waals surface area contributed by atoms with E-state index in [1.807, 2.05) is 24.3 Å². The second-order valence-electron chi connectivity index (χ2n) is 8.88. The van der Waals surface area contributed by atoms with Gasteiger partial charge in [0.25, 0.3) is 0 Å². The Morgan fingerprint density at radius 2 is 1.64 bits per heavy atom. The van der Waals surface area contributed by atoms with Gasteiger partial charge in [-0.25, -0.2) is 9.59 Å². The maximum Gasteiger partial charge on any atom is 0.407 e. The number of hydrogen-bond acceptors (Lipinski definition) is 4. The summed E-state index contributed by atoms with van der Waals surface area (Å²) >= 11 is 0. The van der Waals surface area contributed by atoms with Crippen LogP contribution in [0.1, 0.15) is 49.7 Å². The first-order chi connectivity index (χ1) is 15.9. The van der Waals surface area contributed by atoms with E-state index in [4.69, 9.17) is 4.74 Å². The molecule has 33 heavy (non-hydrogen) atoms. The maximum atomic E-state index is 12.7. The van der Waals surface area contributed by atoms with E-state index in [9.17, 15) is 19.5 Å². The molecule has 0 aromatic heterocycles. The second-order valence-corrected chi connectivity index (χ2v) is 8.88. The summed E-state index contributed by atoms with van der Waals surface area (Å²) in [5.74, 6) is -1.13. The lowest BCUT2D eigenvalue weighted by atomic mass is 9.98. The maximum absolute atomic E-state index is 12.7. The molecule has 0 saturated heterocycles. The lowest BCUT2D eigenvalue weighted by molar-refractivity contribution is -0.149. The van der Waals surface area contributed by atoms with Crippen molar-refractivity contribution in [3.63, 3.8) is 0 Å². The number of carbonyl (C=O) groups is 3. The third kappa shape index (κ3) is 4.87. The number of aliphatic carboxylic acids is 1. The molecular formula is C26H30N2O5. The van der Waals surface area contributed by atoms with Gasteiger partial charge in [-0.05, 0) is 47.4 Å². The van der Waals surface area contributed by atoms with Crippen LogP contribution in [-0.4, -0.2) is 53.7 Å². The van der Waals surface area contributed by atoms with Crippen LogP contribution in [-0.2, 0) is 14.3 Å². The molecule has 174 valence electrons. The summed E-state index contributed by atoms with van der Waals surface area (Å²) in [6, 6.07) is 15.1. The molecule has 2 aliphatic carbocycles. The molecule has 0 aliphatic heterocycles. The van der Waals surface area contributed by atoms with E-state index in [2.05, 4.69) is 29.6 Å². The molecule has 1 fully saturated rings. The fourth-order valence-corrected chi connectivity index (χ4v) is 4.75. The Hall–Kier alpha value is -3.35. The fourth-order valence-electron chi connectivity index (χ4n) is 4.75.